The lowest BCUT2D eigenvalue weighted by Crippen LogP contribution is -2.52. The van der Waals surface area contributed by atoms with Gasteiger partial charge in [0, 0.05) is 18.1 Å². The van der Waals surface area contributed by atoms with Crippen molar-refractivity contribution in [1.29, 1.82) is 0 Å². The van der Waals surface area contributed by atoms with Gasteiger partial charge in [0.2, 0.25) is 21.8 Å². The van der Waals surface area contributed by atoms with E-state index in [2.05, 4.69) is 5.32 Å². The van der Waals surface area contributed by atoms with E-state index in [0.29, 0.717) is 18.0 Å². The van der Waals surface area contributed by atoms with Crippen LogP contribution < -0.4 is 9.62 Å². The lowest BCUT2D eigenvalue weighted by Gasteiger charge is -2.33. The molecule has 0 aliphatic heterocycles. The van der Waals surface area contributed by atoms with Crippen LogP contribution in [-0.2, 0) is 26.2 Å². The Morgan fingerprint density at radius 3 is 2.34 bits per heavy atom. The third-order valence-corrected chi connectivity index (χ3v) is 7.34. The van der Waals surface area contributed by atoms with Crippen molar-refractivity contribution in [1.82, 2.24) is 10.2 Å². The second kappa shape index (κ2) is 13.1. The SMILES string of the molecule is CCCCNC(=O)[C@H](CC)N(Cc1ccccc1C)C(=O)CN(c1ccc(Cl)cc1Cl)S(C)(=O)=O. The predicted octanol–water partition coefficient (Wildman–Crippen LogP) is 4.79. The number of carbonyl (C=O) groups is 2. The van der Waals surface area contributed by atoms with Crippen LogP contribution in [0, 0.1) is 6.92 Å². The number of rotatable bonds is 12. The fourth-order valence-corrected chi connectivity index (χ4v) is 5.10. The van der Waals surface area contributed by atoms with Crippen LogP contribution in [0.4, 0.5) is 5.69 Å². The van der Waals surface area contributed by atoms with Gasteiger partial charge in [0.05, 0.1) is 17.0 Å². The Balaban J connectivity index is 2.45. The number of nitrogens with one attached hydrogen (secondary N) is 1. The first-order chi connectivity index (χ1) is 16.5. The van der Waals surface area contributed by atoms with Gasteiger partial charge in [0.1, 0.15) is 12.6 Å². The molecule has 2 amide bonds. The maximum atomic E-state index is 13.7. The van der Waals surface area contributed by atoms with Gasteiger partial charge in [-0.1, -0.05) is 67.7 Å². The minimum atomic E-state index is -3.88. The summed E-state index contributed by atoms with van der Waals surface area (Å²) < 4.78 is 26.3. The van der Waals surface area contributed by atoms with E-state index in [1.807, 2.05) is 45.0 Å². The van der Waals surface area contributed by atoms with E-state index in [-0.39, 0.29) is 23.2 Å². The summed E-state index contributed by atoms with van der Waals surface area (Å²) in [6.07, 6.45) is 3.13. The summed E-state index contributed by atoms with van der Waals surface area (Å²) in [5.74, 6) is -0.777. The van der Waals surface area contributed by atoms with Gasteiger partial charge in [-0.25, -0.2) is 8.42 Å². The van der Waals surface area contributed by atoms with Crippen LogP contribution in [0.5, 0.6) is 0 Å². The smallest absolute Gasteiger partial charge is 0.244 e. The summed E-state index contributed by atoms with van der Waals surface area (Å²) in [5.41, 5.74) is 1.98. The number of carbonyl (C=O) groups excluding carboxylic acids is 2. The number of halogens is 2. The number of hydrogen-bond acceptors (Lipinski definition) is 4. The van der Waals surface area contributed by atoms with Gasteiger partial charge in [-0.3, -0.25) is 13.9 Å². The number of benzene rings is 2. The molecule has 0 bridgehead atoms. The van der Waals surface area contributed by atoms with Crippen molar-refractivity contribution in [3.8, 4) is 0 Å². The zero-order valence-corrected chi connectivity index (χ0v) is 22.9. The summed E-state index contributed by atoms with van der Waals surface area (Å²) in [6.45, 7) is 5.94. The van der Waals surface area contributed by atoms with E-state index >= 15 is 0 Å². The van der Waals surface area contributed by atoms with E-state index in [0.717, 1.165) is 34.5 Å². The molecule has 1 N–H and O–H groups in total. The third-order valence-electron chi connectivity index (χ3n) is 5.68. The van der Waals surface area contributed by atoms with Crippen LogP contribution in [0.25, 0.3) is 0 Å². The average molecular weight is 543 g/mol. The Morgan fingerprint density at radius 1 is 1.09 bits per heavy atom. The molecule has 0 saturated heterocycles. The van der Waals surface area contributed by atoms with Crippen LogP contribution in [0.3, 0.4) is 0 Å². The summed E-state index contributed by atoms with van der Waals surface area (Å²) in [5, 5.41) is 3.34. The number of amides is 2. The molecule has 0 radical (unpaired) electrons. The zero-order chi connectivity index (χ0) is 26.2. The van der Waals surface area contributed by atoms with E-state index in [9.17, 15) is 18.0 Å². The second-order valence-corrected chi connectivity index (χ2v) is 11.1. The van der Waals surface area contributed by atoms with Crippen molar-refractivity contribution in [2.24, 2.45) is 0 Å². The first kappa shape index (κ1) is 28.9. The Bertz CT molecular complexity index is 1140. The number of nitrogens with zero attached hydrogens (tertiary/aromatic N) is 2. The van der Waals surface area contributed by atoms with E-state index in [1.165, 1.54) is 23.1 Å². The highest BCUT2D eigenvalue weighted by atomic mass is 35.5. The van der Waals surface area contributed by atoms with E-state index in [1.54, 1.807) is 0 Å². The zero-order valence-electron chi connectivity index (χ0n) is 20.6. The van der Waals surface area contributed by atoms with Crippen molar-refractivity contribution < 1.29 is 18.0 Å². The van der Waals surface area contributed by atoms with Gasteiger partial charge in [-0.2, -0.15) is 0 Å². The van der Waals surface area contributed by atoms with Crippen molar-refractivity contribution in [2.75, 3.05) is 23.7 Å². The largest absolute Gasteiger partial charge is 0.354 e. The highest BCUT2D eigenvalue weighted by Gasteiger charge is 2.32. The number of sulfonamides is 1. The molecular formula is C25H33Cl2N3O4S. The lowest BCUT2D eigenvalue weighted by molar-refractivity contribution is -0.140. The topological polar surface area (TPSA) is 86.8 Å². The van der Waals surface area contributed by atoms with Crippen molar-refractivity contribution in [3.05, 3.63) is 63.6 Å². The standard InChI is InChI=1S/C25H33Cl2N3O4S/c1-5-7-14-28-25(32)22(6-2)29(16-19-11-9-8-10-18(19)3)24(31)17-30(35(4,33)34)23-13-12-20(26)15-21(23)27/h8-13,15,22H,5-7,14,16-17H2,1-4H3,(H,28,32)/t22-/m0/s1. The minimum absolute atomic E-state index is 0.102. The van der Waals surface area contributed by atoms with Crippen LogP contribution in [0.2, 0.25) is 10.0 Å². The number of aryl methyl sites for hydroxylation is 1. The van der Waals surface area contributed by atoms with Gasteiger partial charge in [0.15, 0.2) is 0 Å². The monoisotopic (exact) mass is 541 g/mol. The molecule has 0 aromatic heterocycles. The Morgan fingerprint density at radius 2 is 1.77 bits per heavy atom. The minimum Gasteiger partial charge on any atom is -0.354 e. The highest BCUT2D eigenvalue weighted by Crippen LogP contribution is 2.30. The lowest BCUT2D eigenvalue weighted by atomic mass is 10.1. The molecule has 1 atom stereocenters. The fraction of sp³-hybridized carbons (Fsp3) is 0.440. The maximum Gasteiger partial charge on any atom is 0.244 e. The molecule has 0 saturated carbocycles. The van der Waals surface area contributed by atoms with E-state index in [4.69, 9.17) is 23.2 Å². The number of unbranched alkanes of at least 4 members (excludes halogenated alkanes) is 1. The number of hydrogen-bond donors (Lipinski definition) is 1. The van der Waals surface area contributed by atoms with Gasteiger partial charge in [-0.05, 0) is 49.1 Å². The van der Waals surface area contributed by atoms with Crippen LogP contribution in [-0.4, -0.2) is 50.5 Å². The molecule has 192 valence electrons. The fourth-order valence-electron chi connectivity index (χ4n) is 3.67. The predicted molar refractivity (Wildman–Crippen MR) is 142 cm³/mol. The molecule has 7 nitrogen and oxygen atoms in total. The Labute approximate surface area is 218 Å². The Hall–Kier alpha value is -2.29. The maximum absolute atomic E-state index is 13.7. The van der Waals surface area contributed by atoms with Gasteiger partial charge >= 0.3 is 0 Å². The van der Waals surface area contributed by atoms with Crippen LogP contribution >= 0.6 is 23.2 Å². The van der Waals surface area contributed by atoms with Crippen LogP contribution in [0.15, 0.2) is 42.5 Å². The molecule has 0 fully saturated rings. The molecular weight excluding hydrogens is 509 g/mol. The van der Waals surface area contributed by atoms with Crippen molar-refractivity contribution in [2.45, 2.75) is 52.6 Å². The molecule has 0 aliphatic carbocycles. The normalized spacial score (nSPS) is 12.2. The number of anilines is 1. The van der Waals surface area contributed by atoms with Crippen LogP contribution in [0.1, 0.15) is 44.2 Å². The summed E-state index contributed by atoms with van der Waals surface area (Å²) in [6, 6.07) is 11.2. The van der Waals surface area contributed by atoms with Crippen molar-refractivity contribution >= 4 is 50.7 Å². The van der Waals surface area contributed by atoms with Crippen molar-refractivity contribution in [3.63, 3.8) is 0 Å². The van der Waals surface area contributed by atoms with Gasteiger partial charge in [-0.15, -0.1) is 0 Å². The molecule has 0 unspecified atom stereocenters. The summed E-state index contributed by atoms with van der Waals surface area (Å²) in [7, 11) is -3.88. The molecule has 2 aromatic carbocycles. The first-order valence-corrected chi connectivity index (χ1v) is 14.1. The molecule has 0 spiro atoms. The molecule has 0 aliphatic rings. The molecule has 35 heavy (non-hydrogen) atoms. The second-order valence-electron chi connectivity index (χ2n) is 8.38. The molecule has 0 heterocycles. The third kappa shape index (κ3) is 8.12. The summed E-state index contributed by atoms with van der Waals surface area (Å²) in [4.78, 5) is 28.2. The van der Waals surface area contributed by atoms with Gasteiger partial charge in [0.25, 0.3) is 0 Å². The Kier molecular flexibility index (Phi) is 10.9. The highest BCUT2D eigenvalue weighted by molar-refractivity contribution is 7.92. The quantitative estimate of drug-likeness (QED) is 0.391. The van der Waals surface area contributed by atoms with Gasteiger partial charge < -0.3 is 10.2 Å². The molecule has 2 rings (SSSR count). The average Bonchev–Trinajstić information content (AvgIpc) is 2.78. The molecule has 2 aromatic rings. The summed E-state index contributed by atoms with van der Waals surface area (Å²) >= 11 is 12.2. The molecule has 10 heteroatoms. The first-order valence-electron chi connectivity index (χ1n) is 11.5. The van der Waals surface area contributed by atoms with E-state index < -0.39 is 28.5 Å².